The van der Waals surface area contributed by atoms with Crippen LogP contribution in [-0.2, 0) is 16.1 Å². The Morgan fingerprint density at radius 1 is 1.04 bits per heavy atom. The standard InChI is InChI=1S/C21H23N3O3/c1-21(2,3)27-20(26)24-14-19(25)23-13-16-5-4-6-18(11-16)17-9-7-15(12-22)8-10-17/h4-11H,13-14H2,1-3H3,(H,23,25)(H,24,26). The summed E-state index contributed by atoms with van der Waals surface area (Å²) in [6, 6.07) is 17.2. The third-order valence-electron chi connectivity index (χ3n) is 3.56. The zero-order valence-corrected chi connectivity index (χ0v) is 15.7. The number of alkyl carbamates (subject to hydrolysis) is 1. The van der Waals surface area contributed by atoms with Crippen LogP contribution < -0.4 is 10.6 Å². The second-order valence-electron chi connectivity index (χ2n) is 7.02. The molecule has 0 bridgehead atoms. The second kappa shape index (κ2) is 8.86. The topological polar surface area (TPSA) is 91.2 Å². The van der Waals surface area contributed by atoms with Crippen molar-refractivity contribution in [3.05, 3.63) is 59.7 Å². The molecule has 0 fully saturated rings. The van der Waals surface area contributed by atoms with E-state index in [1.165, 1.54) is 0 Å². The molecule has 0 atom stereocenters. The molecule has 140 valence electrons. The third-order valence-corrected chi connectivity index (χ3v) is 3.56. The fraction of sp³-hybridized carbons (Fsp3) is 0.286. The summed E-state index contributed by atoms with van der Waals surface area (Å²) in [5.41, 5.74) is 2.93. The monoisotopic (exact) mass is 365 g/mol. The van der Waals surface area contributed by atoms with Crippen molar-refractivity contribution in [2.45, 2.75) is 32.9 Å². The molecule has 6 nitrogen and oxygen atoms in total. The first-order valence-electron chi connectivity index (χ1n) is 8.60. The molecule has 0 radical (unpaired) electrons. The molecule has 2 aromatic carbocycles. The number of hydrogen-bond donors (Lipinski definition) is 2. The lowest BCUT2D eigenvalue weighted by Crippen LogP contribution is -2.39. The van der Waals surface area contributed by atoms with Gasteiger partial charge >= 0.3 is 6.09 Å². The Hall–Kier alpha value is -3.33. The molecular formula is C21H23N3O3. The molecule has 0 aliphatic rings. The first kappa shape index (κ1) is 20.0. The molecule has 0 aliphatic heterocycles. The Bertz CT molecular complexity index is 846. The maximum Gasteiger partial charge on any atom is 0.408 e. The molecule has 0 aromatic heterocycles. The highest BCUT2D eigenvalue weighted by atomic mass is 16.6. The van der Waals surface area contributed by atoms with Gasteiger partial charge in [-0.15, -0.1) is 0 Å². The zero-order chi connectivity index (χ0) is 19.9. The highest BCUT2D eigenvalue weighted by Crippen LogP contribution is 2.21. The van der Waals surface area contributed by atoms with Crippen LogP contribution in [0.2, 0.25) is 0 Å². The van der Waals surface area contributed by atoms with Crippen LogP contribution in [0.3, 0.4) is 0 Å². The molecule has 0 saturated carbocycles. The Balaban J connectivity index is 1.88. The molecule has 27 heavy (non-hydrogen) atoms. The number of amides is 2. The maximum atomic E-state index is 11.9. The van der Waals surface area contributed by atoms with E-state index < -0.39 is 11.7 Å². The van der Waals surface area contributed by atoms with Gasteiger partial charge in [-0.3, -0.25) is 4.79 Å². The van der Waals surface area contributed by atoms with E-state index in [9.17, 15) is 9.59 Å². The number of hydrogen-bond acceptors (Lipinski definition) is 4. The van der Waals surface area contributed by atoms with Gasteiger partial charge in [0.25, 0.3) is 0 Å². The zero-order valence-electron chi connectivity index (χ0n) is 15.7. The Kier molecular flexibility index (Phi) is 6.56. The molecule has 6 heteroatoms. The van der Waals surface area contributed by atoms with Crippen molar-refractivity contribution in [1.29, 1.82) is 5.26 Å². The average molecular weight is 365 g/mol. The molecule has 0 aliphatic carbocycles. The fourth-order valence-electron chi connectivity index (χ4n) is 2.33. The van der Waals surface area contributed by atoms with E-state index in [4.69, 9.17) is 10.00 Å². The van der Waals surface area contributed by atoms with Gasteiger partial charge in [-0.1, -0.05) is 30.3 Å². The first-order valence-corrected chi connectivity index (χ1v) is 8.60. The van der Waals surface area contributed by atoms with Gasteiger partial charge in [0.15, 0.2) is 0 Å². The van der Waals surface area contributed by atoms with Gasteiger partial charge in [-0.05, 0) is 55.7 Å². The minimum atomic E-state index is -0.625. The van der Waals surface area contributed by atoms with E-state index in [0.29, 0.717) is 12.1 Å². The number of benzene rings is 2. The highest BCUT2D eigenvalue weighted by Gasteiger charge is 2.16. The second-order valence-corrected chi connectivity index (χ2v) is 7.02. The molecule has 2 amide bonds. The van der Waals surface area contributed by atoms with E-state index in [-0.39, 0.29) is 12.5 Å². The summed E-state index contributed by atoms with van der Waals surface area (Å²) in [5.74, 6) is -0.301. The molecule has 0 unspecified atom stereocenters. The maximum absolute atomic E-state index is 11.9. The van der Waals surface area contributed by atoms with Crippen LogP contribution in [0.25, 0.3) is 11.1 Å². The Morgan fingerprint density at radius 2 is 1.74 bits per heavy atom. The van der Waals surface area contributed by atoms with Gasteiger partial charge < -0.3 is 15.4 Å². The summed E-state index contributed by atoms with van der Waals surface area (Å²) < 4.78 is 5.08. The summed E-state index contributed by atoms with van der Waals surface area (Å²) in [4.78, 5) is 23.5. The minimum Gasteiger partial charge on any atom is -0.444 e. The van der Waals surface area contributed by atoms with Gasteiger partial charge in [0.2, 0.25) is 5.91 Å². The van der Waals surface area contributed by atoms with Crippen molar-refractivity contribution in [2.75, 3.05) is 6.54 Å². The number of nitriles is 1. The quantitative estimate of drug-likeness (QED) is 0.850. The highest BCUT2D eigenvalue weighted by molar-refractivity contribution is 5.82. The van der Waals surface area contributed by atoms with E-state index in [2.05, 4.69) is 16.7 Å². The van der Waals surface area contributed by atoms with E-state index in [1.807, 2.05) is 36.4 Å². The third kappa shape index (κ3) is 6.83. The average Bonchev–Trinajstić information content (AvgIpc) is 2.63. The van der Waals surface area contributed by atoms with Gasteiger partial charge in [0, 0.05) is 6.54 Å². The lowest BCUT2D eigenvalue weighted by Gasteiger charge is -2.19. The SMILES string of the molecule is CC(C)(C)OC(=O)NCC(=O)NCc1cccc(-c2ccc(C#N)cc2)c1. The lowest BCUT2D eigenvalue weighted by atomic mass is 10.0. The summed E-state index contributed by atoms with van der Waals surface area (Å²) in [6.07, 6.45) is -0.625. The van der Waals surface area contributed by atoms with Crippen LogP contribution in [0.1, 0.15) is 31.9 Å². The van der Waals surface area contributed by atoms with Crippen LogP contribution in [0, 0.1) is 11.3 Å². The smallest absolute Gasteiger partial charge is 0.408 e. The predicted molar refractivity (Wildman–Crippen MR) is 103 cm³/mol. The Morgan fingerprint density at radius 3 is 2.37 bits per heavy atom. The van der Waals surface area contributed by atoms with Crippen molar-refractivity contribution < 1.29 is 14.3 Å². The number of carbonyl (C=O) groups excluding carboxylic acids is 2. The van der Waals surface area contributed by atoms with Crippen molar-refractivity contribution in [3.63, 3.8) is 0 Å². The van der Waals surface area contributed by atoms with E-state index >= 15 is 0 Å². The van der Waals surface area contributed by atoms with Crippen LogP contribution in [0.5, 0.6) is 0 Å². The number of nitrogens with zero attached hydrogens (tertiary/aromatic N) is 1. The van der Waals surface area contributed by atoms with Crippen molar-refractivity contribution >= 4 is 12.0 Å². The summed E-state index contributed by atoms with van der Waals surface area (Å²) in [5, 5.41) is 14.1. The van der Waals surface area contributed by atoms with Gasteiger partial charge in [0.1, 0.15) is 12.1 Å². The van der Waals surface area contributed by atoms with Gasteiger partial charge in [0.05, 0.1) is 11.6 Å². The fourth-order valence-corrected chi connectivity index (χ4v) is 2.33. The van der Waals surface area contributed by atoms with Crippen LogP contribution >= 0.6 is 0 Å². The summed E-state index contributed by atoms with van der Waals surface area (Å²) in [7, 11) is 0. The van der Waals surface area contributed by atoms with E-state index in [1.54, 1.807) is 32.9 Å². The molecule has 2 rings (SSSR count). The van der Waals surface area contributed by atoms with Crippen molar-refractivity contribution in [3.8, 4) is 17.2 Å². The number of rotatable bonds is 5. The molecule has 0 heterocycles. The largest absolute Gasteiger partial charge is 0.444 e. The molecule has 0 spiro atoms. The minimum absolute atomic E-state index is 0.149. The number of carbonyl (C=O) groups is 2. The molecule has 2 aromatic rings. The van der Waals surface area contributed by atoms with Gasteiger partial charge in [-0.25, -0.2) is 4.79 Å². The summed E-state index contributed by atoms with van der Waals surface area (Å²) >= 11 is 0. The van der Waals surface area contributed by atoms with Crippen molar-refractivity contribution in [2.24, 2.45) is 0 Å². The van der Waals surface area contributed by atoms with Crippen molar-refractivity contribution in [1.82, 2.24) is 10.6 Å². The van der Waals surface area contributed by atoms with E-state index in [0.717, 1.165) is 16.7 Å². The first-order chi connectivity index (χ1) is 12.8. The van der Waals surface area contributed by atoms with Crippen LogP contribution in [-0.4, -0.2) is 24.1 Å². The molecule has 0 saturated heterocycles. The normalized spacial score (nSPS) is 10.6. The summed E-state index contributed by atoms with van der Waals surface area (Å²) in [6.45, 7) is 5.47. The van der Waals surface area contributed by atoms with Gasteiger partial charge in [-0.2, -0.15) is 5.26 Å². The predicted octanol–water partition coefficient (Wildman–Crippen LogP) is 3.37. The number of nitrogens with one attached hydrogen (secondary N) is 2. The van der Waals surface area contributed by atoms with Crippen LogP contribution in [0.15, 0.2) is 48.5 Å². The number of ether oxygens (including phenoxy) is 1. The molecular weight excluding hydrogens is 342 g/mol. The lowest BCUT2D eigenvalue weighted by molar-refractivity contribution is -0.120. The van der Waals surface area contributed by atoms with Crippen LogP contribution in [0.4, 0.5) is 4.79 Å². The molecule has 2 N–H and O–H groups in total. The Labute approximate surface area is 159 Å².